The predicted molar refractivity (Wildman–Crippen MR) is 56.7 cm³/mol. The zero-order valence-electron chi connectivity index (χ0n) is 7.22. The molecule has 0 saturated carbocycles. The summed E-state index contributed by atoms with van der Waals surface area (Å²) in [5.41, 5.74) is 3.88. The molecule has 4 nitrogen and oxygen atoms in total. The maximum atomic E-state index is 10.8. The van der Waals surface area contributed by atoms with Gasteiger partial charge in [-0.05, 0) is 0 Å². The number of carboxylic acids is 2. The van der Waals surface area contributed by atoms with Crippen molar-refractivity contribution in [2.75, 3.05) is 0 Å². The van der Waals surface area contributed by atoms with Crippen molar-refractivity contribution in [2.45, 2.75) is 21.9 Å². The fourth-order valence-electron chi connectivity index (χ4n) is 0.654. The van der Waals surface area contributed by atoms with Gasteiger partial charge < -0.3 is 0 Å². The van der Waals surface area contributed by atoms with Crippen LogP contribution >= 0.6 is 22.7 Å². The first kappa shape index (κ1) is 13.2. The molecule has 0 saturated heterocycles. The molecule has 0 rings (SSSR count). The molecule has 0 amide bonds. The van der Waals surface area contributed by atoms with Gasteiger partial charge in [0.05, 0.1) is 0 Å². The summed E-state index contributed by atoms with van der Waals surface area (Å²) in [7, 11) is 1.17. The van der Waals surface area contributed by atoms with Crippen molar-refractivity contribution in [1.82, 2.24) is 0 Å². The van der Waals surface area contributed by atoms with Crippen LogP contribution in [-0.2, 0) is 9.59 Å². The summed E-state index contributed by atoms with van der Waals surface area (Å²) in [6, 6.07) is 0. The second-order valence-corrected chi connectivity index (χ2v) is 12.9. The summed E-state index contributed by atoms with van der Waals surface area (Å²) in [6.07, 6.45) is -0.455. The van der Waals surface area contributed by atoms with Crippen molar-refractivity contribution < 1.29 is 19.8 Å². The number of thiol groups is 1. The van der Waals surface area contributed by atoms with Crippen molar-refractivity contribution in [3.8, 4) is 0 Å². The van der Waals surface area contributed by atoms with Crippen molar-refractivity contribution in [1.29, 1.82) is 0 Å². The molecule has 0 radical (unpaired) electrons. The molecule has 13 heavy (non-hydrogen) atoms. The van der Waals surface area contributed by atoms with Crippen LogP contribution in [0.3, 0.4) is 0 Å². The van der Waals surface area contributed by atoms with Gasteiger partial charge in [-0.2, -0.15) is 0 Å². The quantitative estimate of drug-likeness (QED) is 0.402. The van der Waals surface area contributed by atoms with Gasteiger partial charge in [0.1, 0.15) is 0 Å². The van der Waals surface area contributed by atoms with E-state index in [2.05, 4.69) is 12.6 Å². The van der Waals surface area contributed by atoms with Crippen LogP contribution in [0.15, 0.2) is 0 Å². The average molecular weight is 286 g/mol. The Bertz CT molecular complexity index is 221. The molecule has 0 aliphatic heterocycles. The molecule has 76 valence electrons. The normalized spacial score (nSPS) is 15.4. The molecule has 0 bridgehead atoms. The second kappa shape index (κ2) is 5.17. The molecule has 0 aromatic heterocycles. The van der Waals surface area contributed by atoms with Gasteiger partial charge in [0.25, 0.3) is 0 Å². The Morgan fingerprint density at radius 1 is 1.46 bits per heavy atom. The van der Waals surface area contributed by atoms with Crippen LogP contribution in [0.1, 0.15) is 6.42 Å². The first-order valence-corrected chi connectivity index (χ1v) is 10.6. The van der Waals surface area contributed by atoms with Crippen LogP contribution in [0.2, 0.25) is 11.4 Å². The number of hydrogen-bond acceptors (Lipinski definition) is 4. The summed E-state index contributed by atoms with van der Waals surface area (Å²) >= 11 is 2.64. The van der Waals surface area contributed by atoms with E-state index >= 15 is 0 Å². The van der Waals surface area contributed by atoms with Gasteiger partial charge in [-0.25, -0.2) is 0 Å². The molecule has 0 aliphatic carbocycles. The van der Waals surface area contributed by atoms with Crippen LogP contribution in [0, 0.1) is 0 Å². The summed E-state index contributed by atoms with van der Waals surface area (Å²) in [5.74, 6) is -2.31. The number of hydrogen-bond donors (Lipinski definition) is 3. The van der Waals surface area contributed by atoms with E-state index in [0.29, 0.717) is 0 Å². The number of carbonyl (C=O) groups is 2. The van der Waals surface area contributed by atoms with Crippen molar-refractivity contribution in [3.63, 3.8) is 0 Å². The minimum atomic E-state index is -1.46. The minimum absolute atomic E-state index is 0.455. The number of aliphatic carboxylic acids is 2. The summed E-state index contributed by atoms with van der Waals surface area (Å²) < 4.78 is -1.46. The van der Waals surface area contributed by atoms with Gasteiger partial charge in [-0.3, -0.25) is 0 Å². The third-order valence-corrected chi connectivity index (χ3v) is 7.87. The zero-order valence-corrected chi connectivity index (χ0v) is 10.8. The Balaban J connectivity index is 4.52. The first-order valence-electron chi connectivity index (χ1n) is 3.32. The molecule has 1 atom stereocenters. The molecule has 0 heterocycles. The van der Waals surface area contributed by atoms with Gasteiger partial charge in [0.2, 0.25) is 0 Å². The van der Waals surface area contributed by atoms with E-state index in [-0.39, 0.29) is 0 Å². The summed E-state index contributed by atoms with van der Waals surface area (Å²) in [5, 5.41) is 17.3. The van der Waals surface area contributed by atoms with Crippen LogP contribution < -0.4 is 0 Å². The fourth-order valence-corrected chi connectivity index (χ4v) is 8.90. The van der Waals surface area contributed by atoms with Crippen molar-refractivity contribution in [3.05, 3.63) is 0 Å². The van der Waals surface area contributed by atoms with Gasteiger partial charge >= 0.3 is 89.8 Å². The molecule has 2 N–H and O–H groups in total. The Hall–Kier alpha value is 0.198. The SMILES string of the molecule is C[As](C)SC(S)(CC(=O)O)C(=O)O. The monoisotopic (exact) mass is 286 g/mol. The third kappa shape index (κ3) is 4.84. The molecule has 0 fully saturated rings. The molecular formula is C6H11AsO4S2. The average Bonchev–Trinajstić information content (AvgIpc) is 1.82. The molecular weight excluding hydrogens is 275 g/mol. The van der Waals surface area contributed by atoms with Gasteiger partial charge in [0.15, 0.2) is 0 Å². The topological polar surface area (TPSA) is 74.6 Å². The zero-order chi connectivity index (χ0) is 10.6. The van der Waals surface area contributed by atoms with Crippen molar-refractivity contribution in [2.24, 2.45) is 0 Å². The van der Waals surface area contributed by atoms with Crippen LogP contribution in [0.4, 0.5) is 0 Å². The Morgan fingerprint density at radius 2 is 1.92 bits per heavy atom. The standard InChI is InChI=1S/C6H11AsO4S2/c1-7(2)13-6(12,5(10)11)3-4(8)9/h12H,3H2,1-2H3,(H,8,9)(H,10,11). The van der Waals surface area contributed by atoms with Gasteiger partial charge in [-0.1, -0.05) is 0 Å². The van der Waals surface area contributed by atoms with Crippen molar-refractivity contribution >= 4 is 48.1 Å². The number of rotatable bonds is 5. The maximum absolute atomic E-state index is 10.8. The molecule has 1 unspecified atom stereocenters. The fraction of sp³-hybridized carbons (Fsp3) is 0.667. The predicted octanol–water partition coefficient (Wildman–Crippen LogP) is 1.16. The summed E-state index contributed by atoms with van der Waals surface area (Å²) in [4.78, 5) is 21.1. The Morgan fingerprint density at radius 3 is 2.15 bits per heavy atom. The van der Waals surface area contributed by atoms with E-state index in [1.807, 2.05) is 11.4 Å². The molecule has 0 aromatic rings. The third-order valence-electron chi connectivity index (χ3n) is 1.06. The van der Waals surface area contributed by atoms with Gasteiger partial charge in [0, 0.05) is 0 Å². The van der Waals surface area contributed by atoms with E-state index in [4.69, 9.17) is 10.2 Å². The van der Waals surface area contributed by atoms with Crippen LogP contribution in [0.5, 0.6) is 0 Å². The van der Waals surface area contributed by atoms with E-state index in [1.54, 1.807) is 0 Å². The molecule has 0 spiro atoms. The molecule has 0 aliphatic rings. The Kier molecular flexibility index (Phi) is 5.25. The number of carboxylic acid groups (broad SMARTS) is 2. The summed E-state index contributed by atoms with van der Waals surface area (Å²) in [6.45, 7) is 0. The molecule has 7 heteroatoms. The molecule has 0 aromatic carbocycles. The first-order chi connectivity index (χ1) is 5.78. The van der Waals surface area contributed by atoms with E-state index in [9.17, 15) is 9.59 Å². The van der Waals surface area contributed by atoms with Crippen LogP contribution in [0.25, 0.3) is 0 Å². The van der Waals surface area contributed by atoms with E-state index in [0.717, 1.165) is 0 Å². The Labute approximate surface area is 89.7 Å². The van der Waals surface area contributed by atoms with E-state index in [1.165, 1.54) is 10.0 Å². The second-order valence-electron chi connectivity index (χ2n) is 2.56. The van der Waals surface area contributed by atoms with Crippen LogP contribution in [-0.4, -0.2) is 39.7 Å². The van der Waals surface area contributed by atoms with E-state index < -0.39 is 35.9 Å². The van der Waals surface area contributed by atoms with Gasteiger partial charge in [-0.15, -0.1) is 0 Å².